The topological polar surface area (TPSA) is 64.1 Å². The molecule has 5 nitrogen and oxygen atoms in total. The quantitative estimate of drug-likeness (QED) is 0.509. The Morgan fingerprint density at radius 2 is 1.87 bits per heavy atom. The van der Waals surface area contributed by atoms with Gasteiger partial charge in [0.15, 0.2) is 0 Å². The summed E-state index contributed by atoms with van der Waals surface area (Å²) in [5.41, 5.74) is 1.59. The maximum absolute atomic E-state index is 12.0. The van der Waals surface area contributed by atoms with Gasteiger partial charge in [-0.2, -0.15) is 0 Å². The van der Waals surface area contributed by atoms with Gasteiger partial charge in [0, 0.05) is 14.6 Å². The van der Waals surface area contributed by atoms with E-state index < -0.39 is 5.97 Å². The summed E-state index contributed by atoms with van der Waals surface area (Å²) in [7, 11) is 0. The molecular formula is C17H14IN3O2. The van der Waals surface area contributed by atoms with Gasteiger partial charge in [0.05, 0.1) is 12.1 Å². The van der Waals surface area contributed by atoms with Crippen LogP contribution in [0.5, 0.6) is 0 Å². The van der Waals surface area contributed by atoms with Crippen LogP contribution in [0, 0.1) is 3.57 Å². The zero-order valence-corrected chi connectivity index (χ0v) is 14.6. The molecule has 23 heavy (non-hydrogen) atoms. The van der Waals surface area contributed by atoms with Crippen molar-refractivity contribution < 1.29 is 9.53 Å². The molecule has 1 N–H and O–H groups in total. The summed E-state index contributed by atoms with van der Waals surface area (Å²) < 4.78 is 6.15. The van der Waals surface area contributed by atoms with Crippen molar-refractivity contribution in [2.45, 2.75) is 6.92 Å². The molecule has 0 bridgehead atoms. The van der Waals surface area contributed by atoms with Crippen molar-refractivity contribution >= 4 is 51.0 Å². The van der Waals surface area contributed by atoms with E-state index in [1.807, 2.05) is 48.5 Å². The maximum atomic E-state index is 12.0. The minimum Gasteiger partial charge on any atom is -0.460 e. The Balaban J connectivity index is 2.06. The number of anilines is 2. The predicted octanol–water partition coefficient (Wildman–Crippen LogP) is 4.15. The van der Waals surface area contributed by atoms with Crippen molar-refractivity contribution in [1.29, 1.82) is 0 Å². The van der Waals surface area contributed by atoms with Gasteiger partial charge in [-0.1, -0.05) is 12.1 Å². The lowest BCUT2D eigenvalue weighted by molar-refractivity contribution is 0.0512. The first kappa shape index (κ1) is 15.7. The summed E-state index contributed by atoms with van der Waals surface area (Å²) >= 11 is 2.25. The van der Waals surface area contributed by atoms with Gasteiger partial charge in [-0.05, 0) is 65.9 Å². The number of ether oxygens (including phenoxy) is 1. The molecule has 3 rings (SSSR count). The minimum atomic E-state index is -0.524. The van der Waals surface area contributed by atoms with Crippen LogP contribution >= 0.6 is 22.6 Å². The summed E-state index contributed by atoms with van der Waals surface area (Å²) in [6.07, 6.45) is 0. The van der Waals surface area contributed by atoms with Crippen molar-refractivity contribution in [3.8, 4) is 0 Å². The van der Waals surface area contributed by atoms with Crippen molar-refractivity contribution in [2.75, 3.05) is 11.9 Å². The van der Waals surface area contributed by atoms with E-state index >= 15 is 0 Å². The number of nitrogens with zero attached hydrogens (tertiary/aromatic N) is 2. The van der Waals surface area contributed by atoms with E-state index in [1.165, 1.54) is 0 Å². The molecule has 0 unspecified atom stereocenters. The zero-order valence-electron chi connectivity index (χ0n) is 12.4. The maximum Gasteiger partial charge on any atom is 0.376 e. The number of rotatable bonds is 4. The molecule has 0 aliphatic heterocycles. The second-order valence-electron chi connectivity index (χ2n) is 4.77. The number of esters is 1. The Morgan fingerprint density at radius 3 is 2.61 bits per heavy atom. The average Bonchev–Trinajstić information content (AvgIpc) is 2.57. The number of carbonyl (C=O) groups excluding carboxylic acids is 1. The molecule has 1 aromatic heterocycles. The van der Waals surface area contributed by atoms with Crippen LogP contribution in [0.3, 0.4) is 0 Å². The summed E-state index contributed by atoms with van der Waals surface area (Å²) in [6, 6.07) is 15.5. The van der Waals surface area contributed by atoms with Gasteiger partial charge in [0.2, 0.25) is 5.82 Å². The average molecular weight is 419 g/mol. The number of hydrogen-bond donors (Lipinski definition) is 1. The molecule has 0 amide bonds. The third kappa shape index (κ3) is 3.58. The number of hydrogen-bond acceptors (Lipinski definition) is 5. The standard InChI is InChI=1S/C17H14IN3O2/c1-2-23-17(22)16-20-14-6-4-3-5-13(14)15(21-16)19-12-9-7-11(18)8-10-12/h3-10H,2H2,1H3,(H,19,20,21). The normalized spacial score (nSPS) is 10.5. The number of aromatic nitrogens is 2. The van der Waals surface area contributed by atoms with Gasteiger partial charge in [0.1, 0.15) is 5.82 Å². The molecule has 0 spiro atoms. The fourth-order valence-corrected chi connectivity index (χ4v) is 2.49. The van der Waals surface area contributed by atoms with Gasteiger partial charge in [0.25, 0.3) is 0 Å². The SMILES string of the molecule is CCOC(=O)c1nc(Nc2ccc(I)cc2)c2ccccc2n1. The van der Waals surface area contributed by atoms with Crippen molar-refractivity contribution in [1.82, 2.24) is 9.97 Å². The Bertz CT molecular complexity index is 850. The monoisotopic (exact) mass is 419 g/mol. The van der Waals surface area contributed by atoms with Crippen molar-refractivity contribution in [3.05, 3.63) is 57.9 Å². The number of nitrogens with one attached hydrogen (secondary N) is 1. The van der Waals surface area contributed by atoms with E-state index in [1.54, 1.807) is 6.92 Å². The van der Waals surface area contributed by atoms with Crippen LogP contribution in [0.25, 0.3) is 10.9 Å². The second kappa shape index (κ2) is 6.91. The van der Waals surface area contributed by atoms with Gasteiger partial charge in [-0.3, -0.25) is 0 Å². The first-order chi connectivity index (χ1) is 11.2. The molecule has 1 heterocycles. The predicted molar refractivity (Wildman–Crippen MR) is 97.9 cm³/mol. The molecule has 0 atom stereocenters. The lowest BCUT2D eigenvalue weighted by Crippen LogP contribution is -2.11. The summed E-state index contributed by atoms with van der Waals surface area (Å²) in [6.45, 7) is 2.04. The van der Waals surface area contributed by atoms with Gasteiger partial charge >= 0.3 is 5.97 Å². The highest BCUT2D eigenvalue weighted by atomic mass is 127. The number of halogens is 1. The van der Waals surface area contributed by atoms with Crippen molar-refractivity contribution in [3.63, 3.8) is 0 Å². The van der Waals surface area contributed by atoms with Crippen LogP contribution < -0.4 is 5.32 Å². The van der Waals surface area contributed by atoms with Crippen LogP contribution in [-0.2, 0) is 4.74 Å². The molecule has 0 saturated heterocycles. The van der Waals surface area contributed by atoms with E-state index in [4.69, 9.17) is 4.74 Å². The highest BCUT2D eigenvalue weighted by Gasteiger charge is 2.15. The van der Waals surface area contributed by atoms with Crippen LogP contribution in [0.2, 0.25) is 0 Å². The molecular weight excluding hydrogens is 405 g/mol. The second-order valence-corrected chi connectivity index (χ2v) is 6.01. The molecule has 0 fully saturated rings. The molecule has 3 aromatic rings. The third-order valence-electron chi connectivity index (χ3n) is 3.17. The Kier molecular flexibility index (Phi) is 4.71. The summed E-state index contributed by atoms with van der Waals surface area (Å²) in [5, 5.41) is 4.10. The third-order valence-corrected chi connectivity index (χ3v) is 3.89. The van der Waals surface area contributed by atoms with E-state index in [2.05, 4.69) is 37.9 Å². The van der Waals surface area contributed by atoms with Gasteiger partial charge < -0.3 is 10.1 Å². The first-order valence-corrected chi connectivity index (χ1v) is 8.21. The van der Waals surface area contributed by atoms with Crippen molar-refractivity contribution in [2.24, 2.45) is 0 Å². The summed E-state index contributed by atoms with van der Waals surface area (Å²) in [4.78, 5) is 20.6. The Labute approximate surface area is 147 Å². The molecule has 116 valence electrons. The number of para-hydroxylation sites is 1. The highest BCUT2D eigenvalue weighted by molar-refractivity contribution is 14.1. The summed E-state index contributed by atoms with van der Waals surface area (Å²) in [5.74, 6) is 0.113. The fraction of sp³-hybridized carbons (Fsp3) is 0.118. The lowest BCUT2D eigenvalue weighted by atomic mass is 10.2. The van der Waals surface area contributed by atoms with Gasteiger partial charge in [-0.15, -0.1) is 0 Å². The van der Waals surface area contributed by atoms with E-state index in [9.17, 15) is 4.79 Å². The largest absolute Gasteiger partial charge is 0.460 e. The van der Waals surface area contributed by atoms with E-state index in [0.29, 0.717) is 11.3 Å². The van der Waals surface area contributed by atoms with E-state index in [0.717, 1.165) is 14.6 Å². The lowest BCUT2D eigenvalue weighted by Gasteiger charge is -2.10. The fourth-order valence-electron chi connectivity index (χ4n) is 2.13. The van der Waals surface area contributed by atoms with Crippen LogP contribution in [-0.4, -0.2) is 22.5 Å². The number of fused-ring (bicyclic) bond motifs is 1. The minimum absolute atomic E-state index is 0.0542. The number of carbonyl (C=O) groups is 1. The van der Waals surface area contributed by atoms with Crippen LogP contribution in [0.15, 0.2) is 48.5 Å². The highest BCUT2D eigenvalue weighted by Crippen LogP contribution is 2.24. The number of benzene rings is 2. The molecule has 0 aliphatic carbocycles. The molecule has 2 aromatic carbocycles. The first-order valence-electron chi connectivity index (χ1n) is 7.14. The van der Waals surface area contributed by atoms with Crippen LogP contribution in [0.1, 0.15) is 17.5 Å². The molecule has 0 saturated carbocycles. The van der Waals surface area contributed by atoms with E-state index in [-0.39, 0.29) is 12.4 Å². The Morgan fingerprint density at radius 1 is 1.13 bits per heavy atom. The zero-order chi connectivity index (χ0) is 16.2. The van der Waals surface area contributed by atoms with Crippen LogP contribution in [0.4, 0.5) is 11.5 Å². The smallest absolute Gasteiger partial charge is 0.376 e. The molecule has 6 heteroatoms. The Hall–Kier alpha value is -2.22. The molecule has 0 radical (unpaired) electrons. The van der Waals surface area contributed by atoms with Gasteiger partial charge in [-0.25, -0.2) is 14.8 Å². The molecule has 0 aliphatic rings.